The molecule has 2 heteroatoms. The van der Waals surface area contributed by atoms with Gasteiger partial charge in [-0.3, -0.25) is 0 Å². The molecule has 2 N–H and O–H groups in total. The first-order valence-corrected chi connectivity index (χ1v) is 7.87. The molecule has 2 aromatic rings. The number of rotatable bonds is 4. The quantitative estimate of drug-likeness (QED) is 0.880. The Morgan fingerprint density at radius 1 is 0.857 bits per heavy atom. The first-order valence-electron chi connectivity index (χ1n) is 7.87. The molecule has 0 spiro atoms. The topological polar surface area (TPSA) is 32.3 Å². The molecule has 3 rings (SSSR count). The fourth-order valence-electron chi connectivity index (χ4n) is 3.24. The Labute approximate surface area is 126 Å². The predicted octanol–water partition coefficient (Wildman–Crippen LogP) is 4.21. The zero-order valence-corrected chi connectivity index (χ0v) is 12.3. The largest absolute Gasteiger partial charge is 0.508 e. The highest BCUT2D eigenvalue weighted by atomic mass is 16.3. The van der Waals surface area contributed by atoms with Crippen molar-refractivity contribution >= 4 is 0 Å². The summed E-state index contributed by atoms with van der Waals surface area (Å²) in [5, 5.41) is 13.0. The minimum Gasteiger partial charge on any atom is -0.508 e. The molecule has 0 bridgehead atoms. The smallest absolute Gasteiger partial charge is 0.115 e. The van der Waals surface area contributed by atoms with Gasteiger partial charge in [-0.1, -0.05) is 42.5 Å². The Morgan fingerprint density at radius 2 is 1.52 bits per heavy atom. The van der Waals surface area contributed by atoms with Crippen LogP contribution in [0.15, 0.2) is 54.6 Å². The van der Waals surface area contributed by atoms with Gasteiger partial charge in [-0.2, -0.15) is 0 Å². The van der Waals surface area contributed by atoms with Crippen LogP contribution >= 0.6 is 0 Å². The van der Waals surface area contributed by atoms with Crippen LogP contribution < -0.4 is 5.32 Å². The van der Waals surface area contributed by atoms with Crippen LogP contribution in [0.1, 0.15) is 42.7 Å². The molecule has 0 saturated heterocycles. The molecule has 0 aliphatic heterocycles. The van der Waals surface area contributed by atoms with E-state index in [9.17, 15) is 5.11 Å². The van der Waals surface area contributed by atoms with E-state index in [-0.39, 0.29) is 0 Å². The molecule has 1 aliphatic carbocycles. The first kappa shape index (κ1) is 14.2. The van der Waals surface area contributed by atoms with Crippen molar-refractivity contribution in [3.05, 3.63) is 65.7 Å². The van der Waals surface area contributed by atoms with Crippen molar-refractivity contribution in [2.24, 2.45) is 0 Å². The third-order valence-corrected chi connectivity index (χ3v) is 4.53. The number of hydrogen-bond donors (Lipinski definition) is 2. The summed E-state index contributed by atoms with van der Waals surface area (Å²) in [5.41, 5.74) is 2.73. The van der Waals surface area contributed by atoms with Crippen LogP contribution in [0.25, 0.3) is 0 Å². The Morgan fingerprint density at radius 3 is 2.19 bits per heavy atom. The minimum atomic E-state index is 0.358. The lowest BCUT2D eigenvalue weighted by Crippen LogP contribution is -2.32. The van der Waals surface area contributed by atoms with E-state index in [4.69, 9.17) is 0 Å². The SMILES string of the molecule is Oc1ccc(C2CCC(NCc3ccccc3)CC2)cc1. The van der Waals surface area contributed by atoms with Crippen molar-refractivity contribution in [3.8, 4) is 5.75 Å². The molecule has 2 nitrogen and oxygen atoms in total. The second-order valence-corrected chi connectivity index (χ2v) is 6.01. The normalized spacial score (nSPS) is 22.1. The highest BCUT2D eigenvalue weighted by Gasteiger charge is 2.21. The molecule has 0 amide bonds. The van der Waals surface area contributed by atoms with Gasteiger partial charge in [0, 0.05) is 12.6 Å². The van der Waals surface area contributed by atoms with Gasteiger partial charge in [-0.25, -0.2) is 0 Å². The number of phenols is 1. The Kier molecular flexibility index (Phi) is 4.56. The van der Waals surface area contributed by atoms with Crippen LogP contribution in [0.4, 0.5) is 0 Å². The van der Waals surface area contributed by atoms with Gasteiger partial charge in [0.05, 0.1) is 0 Å². The van der Waals surface area contributed by atoms with Crippen molar-refractivity contribution in [1.29, 1.82) is 0 Å². The zero-order chi connectivity index (χ0) is 14.5. The maximum Gasteiger partial charge on any atom is 0.115 e. The summed E-state index contributed by atoms with van der Waals surface area (Å²) in [5.74, 6) is 1.01. The number of nitrogens with one attached hydrogen (secondary N) is 1. The van der Waals surface area contributed by atoms with E-state index in [1.54, 1.807) is 12.1 Å². The van der Waals surface area contributed by atoms with E-state index in [1.807, 2.05) is 0 Å². The fraction of sp³-hybridized carbons (Fsp3) is 0.368. The predicted molar refractivity (Wildman–Crippen MR) is 86.4 cm³/mol. The van der Waals surface area contributed by atoms with E-state index >= 15 is 0 Å². The molecule has 1 fully saturated rings. The van der Waals surface area contributed by atoms with Crippen LogP contribution in [0.5, 0.6) is 5.75 Å². The molecule has 0 aromatic heterocycles. The summed E-state index contributed by atoms with van der Waals surface area (Å²) in [4.78, 5) is 0. The number of aromatic hydroxyl groups is 1. The van der Waals surface area contributed by atoms with Gasteiger partial charge >= 0.3 is 0 Å². The van der Waals surface area contributed by atoms with Crippen LogP contribution in [-0.4, -0.2) is 11.1 Å². The number of hydrogen-bond acceptors (Lipinski definition) is 2. The average Bonchev–Trinajstić information content (AvgIpc) is 2.55. The van der Waals surface area contributed by atoms with Crippen LogP contribution in [0, 0.1) is 0 Å². The summed E-state index contributed by atoms with van der Waals surface area (Å²) in [6.45, 7) is 0.968. The van der Waals surface area contributed by atoms with Gasteiger partial charge < -0.3 is 10.4 Å². The standard InChI is InChI=1S/C19H23NO/c21-19-12-8-17(9-13-19)16-6-10-18(11-7-16)20-14-15-4-2-1-3-5-15/h1-5,8-9,12-13,16,18,20-21H,6-7,10-11,14H2. The molecular weight excluding hydrogens is 258 g/mol. The highest BCUT2D eigenvalue weighted by Crippen LogP contribution is 2.33. The molecule has 0 atom stereocenters. The summed E-state index contributed by atoms with van der Waals surface area (Å²) in [6.07, 6.45) is 4.94. The summed E-state index contributed by atoms with van der Waals surface area (Å²) in [7, 11) is 0. The van der Waals surface area contributed by atoms with Crippen molar-refractivity contribution in [2.45, 2.75) is 44.2 Å². The zero-order valence-electron chi connectivity index (χ0n) is 12.3. The lowest BCUT2D eigenvalue weighted by atomic mass is 9.81. The van der Waals surface area contributed by atoms with Gasteiger partial charge in [0.1, 0.15) is 5.75 Å². The molecule has 110 valence electrons. The number of benzene rings is 2. The lowest BCUT2D eigenvalue weighted by molar-refractivity contribution is 0.341. The van der Waals surface area contributed by atoms with Crippen LogP contribution in [0.3, 0.4) is 0 Å². The van der Waals surface area contributed by atoms with E-state index in [1.165, 1.54) is 36.8 Å². The fourth-order valence-corrected chi connectivity index (χ4v) is 3.24. The minimum absolute atomic E-state index is 0.358. The summed E-state index contributed by atoms with van der Waals surface area (Å²) < 4.78 is 0. The van der Waals surface area contributed by atoms with E-state index in [2.05, 4.69) is 47.8 Å². The highest BCUT2D eigenvalue weighted by molar-refractivity contribution is 5.28. The maximum atomic E-state index is 9.37. The Hall–Kier alpha value is -1.80. The van der Waals surface area contributed by atoms with E-state index < -0.39 is 0 Å². The van der Waals surface area contributed by atoms with Crippen LogP contribution in [-0.2, 0) is 6.54 Å². The van der Waals surface area contributed by atoms with Gasteiger partial charge in [-0.15, -0.1) is 0 Å². The molecular formula is C19H23NO. The summed E-state index contributed by atoms with van der Waals surface area (Å²) >= 11 is 0. The van der Waals surface area contributed by atoms with Crippen molar-refractivity contribution in [1.82, 2.24) is 5.32 Å². The molecule has 0 heterocycles. The first-order chi connectivity index (χ1) is 10.3. The van der Waals surface area contributed by atoms with Gasteiger partial charge in [0.25, 0.3) is 0 Å². The monoisotopic (exact) mass is 281 g/mol. The third-order valence-electron chi connectivity index (χ3n) is 4.53. The molecule has 1 saturated carbocycles. The van der Waals surface area contributed by atoms with Gasteiger partial charge in [0.2, 0.25) is 0 Å². The Balaban J connectivity index is 1.48. The van der Waals surface area contributed by atoms with Gasteiger partial charge in [-0.05, 0) is 54.9 Å². The molecule has 21 heavy (non-hydrogen) atoms. The Bertz CT molecular complexity index is 542. The third kappa shape index (κ3) is 3.85. The average molecular weight is 281 g/mol. The van der Waals surface area contributed by atoms with Crippen molar-refractivity contribution < 1.29 is 5.11 Å². The molecule has 0 radical (unpaired) electrons. The lowest BCUT2D eigenvalue weighted by Gasteiger charge is -2.29. The van der Waals surface area contributed by atoms with Crippen molar-refractivity contribution in [2.75, 3.05) is 0 Å². The van der Waals surface area contributed by atoms with Crippen molar-refractivity contribution in [3.63, 3.8) is 0 Å². The molecule has 0 unspecified atom stereocenters. The van der Waals surface area contributed by atoms with Gasteiger partial charge in [0.15, 0.2) is 0 Å². The summed E-state index contributed by atoms with van der Waals surface area (Å²) in [6, 6.07) is 19.0. The number of phenolic OH excluding ortho intramolecular Hbond substituents is 1. The second-order valence-electron chi connectivity index (χ2n) is 6.01. The molecule has 1 aliphatic rings. The second kappa shape index (κ2) is 6.77. The van der Waals surface area contributed by atoms with Crippen LogP contribution in [0.2, 0.25) is 0 Å². The van der Waals surface area contributed by atoms with E-state index in [0.29, 0.717) is 17.7 Å². The van der Waals surface area contributed by atoms with E-state index in [0.717, 1.165) is 6.54 Å². The molecule has 2 aromatic carbocycles. The maximum absolute atomic E-state index is 9.37.